The zero-order chi connectivity index (χ0) is 11.3. The van der Waals surface area contributed by atoms with Crippen LogP contribution in [0.1, 0.15) is 12.5 Å². The number of hydrogen-bond acceptors (Lipinski definition) is 3. The smallest absolute Gasteiger partial charge is 0.325 e. The summed E-state index contributed by atoms with van der Waals surface area (Å²) in [5.74, 6) is -0.267. The normalized spacial score (nSPS) is 9.80. The summed E-state index contributed by atoms with van der Waals surface area (Å²) in [4.78, 5) is 11.1. The molecule has 0 bridgehead atoms. The van der Waals surface area contributed by atoms with Gasteiger partial charge in [-0.3, -0.25) is 4.79 Å². The Morgan fingerprint density at radius 2 is 2.27 bits per heavy atom. The van der Waals surface area contributed by atoms with Crippen molar-refractivity contribution in [1.82, 2.24) is 0 Å². The van der Waals surface area contributed by atoms with E-state index < -0.39 is 0 Å². The van der Waals surface area contributed by atoms with Crippen molar-refractivity contribution >= 4 is 23.3 Å². The predicted molar refractivity (Wildman–Crippen MR) is 61.3 cm³/mol. The molecule has 0 heterocycles. The molecule has 0 amide bonds. The number of rotatable bonds is 4. The van der Waals surface area contributed by atoms with Gasteiger partial charge in [0.2, 0.25) is 0 Å². The number of halogens is 1. The van der Waals surface area contributed by atoms with Gasteiger partial charge in [0, 0.05) is 10.7 Å². The molecule has 0 atom stereocenters. The molecule has 3 nitrogen and oxygen atoms in total. The van der Waals surface area contributed by atoms with Gasteiger partial charge in [-0.1, -0.05) is 17.7 Å². The minimum Gasteiger partial charge on any atom is -0.465 e. The third kappa shape index (κ3) is 3.80. The van der Waals surface area contributed by atoms with Gasteiger partial charge in [0.25, 0.3) is 0 Å². The number of nitrogens with one attached hydrogen (secondary N) is 1. The number of ether oxygens (including phenoxy) is 1. The molecule has 0 unspecified atom stereocenters. The quantitative estimate of drug-likeness (QED) is 0.804. The molecule has 15 heavy (non-hydrogen) atoms. The maximum Gasteiger partial charge on any atom is 0.325 e. The zero-order valence-electron chi connectivity index (χ0n) is 8.84. The summed E-state index contributed by atoms with van der Waals surface area (Å²) in [5.41, 5.74) is 1.90. The van der Waals surface area contributed by atoms with Gasteiger partial charge in [0.1, 0.15) is 6.54 Å². The molecule has 4 heteroatoms. The maximum absolute atomic E-state index is 11.1. The molecule has 0 radical (unpaired) electrons. The summed E-state index contributed by atoms with van der Waals surface area (Å²) in [6.07, 6.45) is 0. The molecule has 82 valence electrons. The fourth-order valence-corrected chi connectivity index (χ4v) is 1.34. The van der Waals surface area contributed by atoms with Crippen molar-refractivity contribution in [2.24, 2.45) is 0 Å². The van der Waals surface area contributed by atoms with Gasteiger partial charge in [0.05, 0.1) is 6.61 Å². The predicted octanol–water partition coefficient (Wildman–Crippen LogP) is 2.62. The highest BCUT2D eigenvalue weighted by Gasteiger charge is 2.03. The first-order chi connectivity index (χ1) is 7.13. The van der Waals surface area contributed by atoms with Crippen LogP contribution in [0.3, 0.4) is 0 Å². The molecule has 1 aromatic rings. The van der Waals surface area contributed by atoms with Crippen LogP contribution in [0.2, 0.25) is 5.02 Å². The first-order valence-corrected chi connectivity index (χ1v) is 5.17. The number of benzene rings is 1. The largest absolute Gasteiger partial charge is 0.465 e. The van der Waals surface area contributed by atoms with E-state index in [1.54, 1.807) is 13.0 Å². The first-order valence-electron chi connectivity index (χ1n) is 4.79. The van der Waals surface area contributed by atoms with Crippen LogP contribution in [0, 0.1) is 6.92 Å². The van der Waals surface area contributed by atoms with E-state index in [0.717, 1.165) is 11.3 Å². The summed E-state index contributed by atoms with van der Waals surface area (Å²) in [5, 5.41) is 3.62. The van der Waals surface area contributed by atoms with Crippen LogP contribution in [0.15, 0.2) is 18.2 Å². The van der Waals surface area contributed by atoms with Crippen molar-refractivity contribution in [3.63, 3.8) is 0 Å². The number of aryl methyl sites for hydroxylation is 1. The summed E-state index contributed by atoms with van der Waals surface area (Å²) in [6, 6.07) is 5.50. The number of carbonyl (C=O) groups excluding carboxylic acids is 1. The molecule has 0 aliphatic carbocycles. The Labute approximate surface area is 94.4 Å². The number of carbonyl (C=O) groups is 1. The van der Waals surface area contributed by atoms with Crippen molar-refractivity contribution in [3.05, 3.63) is 28.8 Å². The summed E-state index contributed by atoms with van der Waals surface area (Å²) in [6.45, 7) is 4.29. The molecule has 1 rings (SSSR count). The van der Waals surface area contributed by atoms with Crippen molar-refractivity contribution in [3.8, 4) is 0 Å². The first kappa shape index (κ1) is 11.9. The molecule has 0 saturated carbocycles. The molecular weight excluding hydrogens is 214 g/mol. The van der Waals surface area contributed by atoms with Crippen LogP contribution in [0.5, 0.6) is 0 Å². The third-order valence-electron chi connectivity index (χ3n) is 1.93. The molecule has 1 N–H and O–H groups in total. The monoisotopic (exact) mass is 227 g/mol. The standard InChI is InChI=1S/C11H14ClNO2/c1-3-15-11(14)7-13-10-6-9(12)5-4-8(10)2/h4-6,13H,3,7H2,1-2H3. The third-order valence-corrected chi connectivity index (χ3v) is 2.16. The van der Waals surface area contributed by atoms with E-state index in [9.17, 15) is 4.79 Å². The van der Waals surface area contributed by atoms with Gasteiger partial charge < -0.3 is 10.1 Å². The Morgan fingerprint density at radius 1 is 1.53 bits per heavy atom. The topological polar surface area (TPSA) is 38.3 Å². The fraction of sp³-hybridized carbons (Fsp3) is 0.364. The summed E-state index contributed by atoms with van der Waals surface area (Å²) in [7, 11) is 0. The number of hydrogen-bond donors (Lipinski definition) is 1. The lowest BCUT2D eigenvalue weighted by Crippen LogP contribution is -2.17. The molecule has 0 aliphatic heterocycles. The van der Waals surface area contributed by atoms with Gasteiger partial charge in [-0.05, 0) is 31.5 Å². The second kappa shape index (κ2) is 5.61. The molecule has 0 aliphatic rings. The SMILES string of the molecule is CCOC(=O)CNc1cc(Cl)ccc1C. The lowest BCUT2D eigenvalue weighted by molar-refractivity contribution is -0.140. The van der Waals surface area contributed by atoms with E-state index in [4.69, 9.17) is 16.3 Å². The average Bonchev–Trinajstić information content (AvgIpc) is 2.20. The lowest BCUT2D eigenvalue weighted by Gasteiger charge is -2.09. The van der Waals surface area contributed by atoms with E-state index in [1.165, 1.54) is 0 Å². The Kier molecular flexibility index (Phi) is 4.43. The van der Waals surface area contributed by atoms with Gasteiger partial charge in [0.15, 0.2) is 0 Å². The Morgan fingerprint density at radius 3 is 2.93 bits per heavy atom. The highest BCUT2D eigenvalue weighted by Crippen LogP contribution is 2.19. The van der Waals surface area contributed by atoms with Crippen molar-refractivity contribution in [1.29, 1.82) is 0 Å². The molecule has 0 saturated heterocycles. The number of anilines is 1. The van der Waals surface area contributed by atoms with Crippen LogP contribution in [-0.4, -0.2) is 19.1 Å². The second-order valence-electron chi connectivity index (χ2n) is 3.12. The summed E-state index contributed by atoms with van der Waals surface area (Å²) >= 11 is 5.84. The fourth-order valence-electron chi connectivity index (χ4n) is 1.16. The Bertz CT molecular complexity index is 352. The zero-order valence-corrected chi connectivity index (χ0v) is 9.60. The highest BCUT2D eigenvalue weighted by atomic mass is 35.5. The van der Waals surface area contributed by atoms with Gasteiger partial charge >= 0.3 is 5.97 Å². The minimum absolute atomic E-state index is 0.162. The van der Waals surface area contributed by atoms with E-state index in [1.807, 2.05) is 19.1 Å². The molecule has 0 fully saturated rings. The molecule has 0 spiro atoms. The van der Waals surface area contributed by atoms with E-state index in [-0.39, 0.29) is 12.5 Å². The number of esters is 1. The van der Waals surface area contributed by atoms with Gasteiger partial charge in [-0.25, -0.2) is 0 Å². The van der Waals surface area contributed by atoms with Crippen LogP contribution in [0.4, 0.5) is 5.69 Å². The van der Waals surface area contributed by atoms with Crippen LogP contribution < -0.4 is 5.32 Å². The second-order valence-corrected chi connectivity index (χ2v) is 3.55. The van der Waals surface area contributed by atoms with Crippen molar-refractivity contribution < 1.29 is 9.53 Å². The molecular formula is C11H14ClNO2. The van der Waals surface area contributed by atoms with E-state index >= 15 is 0 Å². The van der Waals surface area contributed by atoms with Crippen LogP contribution >= 0.6 is 11.6 Å². The van der Waals surface area contributed by atoms with Crippen LogP contribution in [0.25, 0.3) is 0 Å². The van der Waals surface area contributed by atoms with Crippen molar-refractivity contribution in [2.75, 3.05) is 18.5 Å². The van der Waals surface area contributed by atoms with E-state index in [0.29, 0.717) is 11.6 Å². The van der Waals surface area contributed by atoms with E-state index in [2.05, 4.69) is 5.32 Å². The highest BCUT2D eigenvalue weighted by molar-refractivity contribution is 6.30. The van der Waals surface area contributed by atoms with Gasteiger partial charge in [-0.15, -0.1) is 0 Å². The summed E-state index contributed by atoms with van der Waals surface area (Å²) < 4.78 is 4.80. The molecule has 0 aromatic heterocycles. The minimum atomic E-state index is -0.267. The lowest BCUT2D eigenvalue weighted by atomic mass is 10.2. The Hall–Kier alpha value is -1.22. The van der Waals surface area contributed by atoms with Crippen LogP contribution in [-0.2, 0) is 9.53 Å². The maximum atomic E-state index is 11.1. The van der Waals surface area contributed by atoms with Crippen molar-refractivity contribution in [2.45, 2.75) is 13.8 Å². The van der Waals surface area contributed by atoms with Gasteiger partial charge in [-0.2, -0.15) is 0 Å². The average molecular weight is 228 g/mol. The molecule has 1 aromatic carbocycles. The Balaban J connectivity index is 2.57.